The fourth-order valence-corrected chi connectivity index (χ4v) is 2.34. The lowest BCUT2D eigenvalue weighted by molar-refractivity contribution is 0.0858. The zero-order valence-corrected chi connectivity index (χ0v) is 10.0. The molecule has 0 aliphatic carbocycles. The molecule has 2 N–H and O–H groups in total. The van der Waals surface area contributed by atoms with Crippen LogP contribution in [0, 0.1) is 0 Å². The first kappa shape index (κ1) is 12.6. The molecule has 2 nitrogen and oxygen atoms in total. The number of thioether (sulfide) groups is 1. The SMILES string of the molecule is CCOC(CN)CSCc1ccccc1. The maximum Gasteiger partial charge on any atom is 0.0787 e. The average molecular weight is 225 g/mol. The lowest BCUT2D eigenvalue weighted by atomic mass is 10.2. The van der Waals surface area contributed by atoms with Crippen LogP contribution in [-0.2, 0) is 10.5 Å². The van der Waals surface area contributed by atoms with Gasteiger partial charge in [-0.05, 0) is 12.5 Å². The Morgan fingerprint density at radius 3 is 2.67 bits per heavy atom. The first-order valence-electron chi connectivity index (χ1n) is 5.30. The van der Waals surface area contributed by atoms with Gasteiger partial charge in [-0.1, -0.05) is 30.3 Å². The van der Waals surface area contributed by atoms with Crippen LogP contribution >= 0.6 is 11.8 Å². The average Bonchev–Trinajstić information content (AvgIpc) is 2.29. The van der Waals surface area contributed by atoms with Crippen LogP contribution < -0.4 is 5.73 Å². The lowest BCUT2D eigenvalue weighted by Gasteiger charge is -2.13. The molecule has 0 aliphatic rings. The first-order valence-corrected chi connectivity index (χ1v) is 6.45. The molecule has 0 heterocycles. The number of nitrogens with two attached hydrogens (primary N) is 1. The topological polar surface area (TPSA) is 35.2 Å². The van der Waals surface area contributed by atoms with E-state index in [4.69, 9.17) is 10.5 Å². The summed E-state index contributed by atoms with van der Waals surface area (Å²) in [5.41, 5.74) is 6.96. The molecule has 1 aromatic rings. The third kappa shape index (κ3) is 5.21. The summed E-state index contributed by atoms with van der Waals surface area (Å²) in [6.45, 7) is 3.36. The molecule has 0 bridgehead atoms. The molecule has 3 heteroatoms. The summed E-state index contributed by atoms with van der Waals surface area (Å²) >= 11 is 1.87. The Balaban J connectivity index is 2.20. The van der Waals surface area contributed by atoms with Crippen LogP contribution in [0.15, 0.2) is 30.3 Å². The summed E-state index contributed by atoms with van der Waals surface area (Å²) in [6, 6.07) is 10.5. The summed E-state index contributed by atoms with van der Waals surface area (Å²) in [4.78, 5) is 0. The summed E-state index contributed by atoms with van der Waals surface area (Å²) in [5.74, 6) is 2.00. The second-order valence-corrected chi connectivity index (χ2v) is 4.34. The fourth-order valence-electron chi connectivity index (χ4n) is 1.30. The van der Waals surface area contributed by atoms with E-state index in [0.717, 1.165) is 18.1 Å². The quantitative estimate of drug-likeness (QED) is 0.773. The molecule has 1 atom stereocenters. The zero-order valence-electron chi connectivity index (χ0n) is 9.19. The van der Waals surface area contributed by atoms with Crippen molar-refractivity contribution in [2.75, 3.05) is 18.9 Å². The Hall–Kier alpha value is -0.510. The minimum atomic E-state index is 0.198. The maximum atomic E-state index is 5.60. The van der Waals surface area contributed by atoms with Gasteiger partial charge in [-0.3, -0.25) is 0 Å². The zero-order chi connectivity index (χ0) is 10.9. The number of hydrogen-bond acceptors (Lipinski definition) is 3. The molecule has 1 rings (SSSR count). The van der Waals surface area contributed by atoms with Crippen LogP contribution in [-0.4, -0.2) is 25.0 Å². The van der Waals surface area contributed by atoms with Crippen molar-refractivity contribution in [1.82, 2.24) is 0 Å². The van der Waals surface area contributed by atoms with E-state index in [-0.39, 0.29) is 6.10 Å². The summed E-state index contributed by atoms with van der Waals surface area (Å²) in [5, 5.41) is 0. The van der Waals surface area contributed by atoms with E-state index in [1.54, 1.807) is 0 Å². The first-order chi connectivity index (χ1) is 7.36. The van der Waals surface area contributed by atoms with Gasteiger partial charge in [-0.2, -0.15) is 11.8 Å². The van der Waals surface area contributed by atoms with Crippen LogP contribution in [0.3, 0.4) is 0 Å². The molecule has 15 heavy (non-hydrogen) atoms. The molecule has 0 spiro atoms. The number of benzene rings is 1. The van der Waals surface area contributed by atoms with Crippen molar-refractivity contribution in [2.45, 2.75) is 18.8 Å². The van der Waals surface area contributed by atoms with Crippen molar-refractivity contribution in [3.63, 3.8) is 0 Å². The van der Waals surface area contributed by atoms with Crippen molar-refractivity contribution < 1.29 is 4.74 Å². The van der Waals surface area contributed by atoms with Crippen molar-refractivity contribution in [2.24, 2.45) is 5.73 Å². The molecule has 0 amide bonds. The van der Waals surface area contributed by atoms with Gasteiger partial charge in [-0.15, -0.1) is 0 Å². The number of rotatable bonds is 7. The normalized spacial score (nSPS) is 12.7. The molecule has 0 saturated heterocycles. The highest BCUT2D eigenvalue weighted by Crippen LogP contribution is 2.13. The van der Waals surface area contributed by atoms with E-state index in [1.165, 1.54) is 5.56 Å². The largest absolute Gasteiger partial charge is 0.376 e. The van der Waals surface area contributed by atoms with Gasteiger partial charge in [0.1, 0.15) is 0 Å². The molecule has 0 radical (unpaired) electrons. The van der Waals surface area contributed by atoms with Gasteiger partial charge in [0.05, 0.1) is 6.10 Å². The molecule has 0 saturated carbocycles. The Kier molecular flexibility index (Phi) is 6.48. The van der Waals surface area contributed by atoms with E-state index in [2.05, 4.69) is 24.3 Å². The minimum absolute atomic E-state index is 0.198. The summed E-state index contributed by atoms with van der Waals surface area (Å²) in [6.07, 6.45) is 0.198. The standard InChI is InChI=1S/C12H19NOS/c1-2-14-12(8-13)10-15-9-11-6-4-3-5-7-11/h3-7,12H,2,8-10,13H2,1H3. The molecular weight excluding hydrogens is 206 g/mol. The Morgan fingerprint density at radius 2 is 2.07 bits per heavy atom. The van der Waals surface area contributed by atoms with Crippen molar-refractivity contribution >= 4 is 11.8 Å². The smallest absolute Gasteiger partial charge is 0.0787 e. The van der Waals surface area contributed by atoms with Gasteiger partial charge >= 0.3 is 0 Å². The van der Waals surface area contributed by atoms with Crippen LogP contribution in [0.25, 0.3) is 0 Å². The molecule has 0 fully saturated rings. The molecule has 84 valence electrons. The van der Waals surface area contributed by atoms with Gasteiger partial charge in [0.2, 0.25) is 0 Å². The fraction of sp³-hybridized carbons (Fsp3) is 0.500. The molecule has 0 aromatic heterocycles. The summed E-state index contributed by atoms with van der Waals surface area (Å²) < 4.78 is 5.48. The van der Waals surface area contributed by atoms with Crippen LogP contribution in [0.1, 0.15) is 12.5 Å². The third-order valence-electron chi connectivity index (χ3n) is 2.08. The van der Waals surface area contributed by atoms with Crippen LogP contribution in [0.5, 0.6) is 0 Å². The molecule has 1 unspecified atom stereocenters. The van der Waals surface area contributed by atoms with Crippen molar-refractivity contribution in [3.8, 4) is 0 Å². The second kappa shape index (κ2) is 7.74. The highest BCUT2D eigenvalue weighted by Gasteiger charge is 2.05. The lowest BCUT2D eigenvalue weighted by Crippen LogP contribution is -2.26. The molecule has 0 aliphatic heterocycles. The minimum Gasteiger partial charge on any atom is -0.376 e. The predicted molar refractivity (Wildman–Crippen MR) is 67.1 cm³/mol. The Labute approximate surface area is 96.2 Å². The highest BCUT2D eigenvalue weighted by atomic mass is 32.2. The van der Waals surface area contributed by atoms with Crippen molar-refractivity contribution in [3.05, 3.63) is 35.9 Å². The van der Waals surface area contributed by atoms with E-state index < -0.39 is 0 Å². The van der Waals surface area contributed by atoms with Gasteiger partial charge in [-0.25, -0.2) is 0 Å². The molecule has 1 aromatic carbocycles. The monoisotopic (exact) mass is 225 g/mol. The number of hydrogen-bond donors (Lipinski definition) is 1. The van der Waals surface area contributed by atoms with Gasteiger partial charge in [0.25, 0.3) is 0 Å². The van der Waals surface area contributed by atoms with Gasteiger partial charge in [0.15, 0.2) is 0 Å². The Bertz CT molecular complexity index is 253. The third-order valence-corrected chi connectivity index (χ3v) is 3.23. The molecular formula is C12H19NOS. The van der Waals surface area contributed by atoms with E-state index in [0.29, 0.717) is 6.54 Å². The number of ether oxygens (including phenoxy) is 1. The highest BCUT2D eigenvalue weighted by molar-refractivity contribution is 7.98. The predicted octanol–water partition coefficient (Wildman–Crippen LogP) is 2.28. The van der Waals surface area contributed by atoms with E-state index in [9.17, 15) is 0 Å². The Morgan fingerprint density at radius 1 is 1.33 bits per heavy atom. The van der Waals surface area contributed by atoms with Crippen LogP contribution in [0.2, 0.25) is 0 Å². The van der Waals surface area contributed by atoms with Crippen molar-refractivity contribution in [1.29, 1.82) is 0 Å². The van der Waals surface area contributed by atoms with E-state index >= 15 is 0 Å². The van der Waals surface area contributed by atoms with Gasteiger partial charge in [0, 0.05) is 24.7 Å². The summed E-state index contributed by atoms with van der Waals surface area (Å²) in [7, 11) is 0. The second-order valence-electron chi connectivity index (χ2n) is 3.31. The van der Waals surface area contributed by atoms with Gasteiger partial charge < -0.3 is 10.5 Å². The maximum absolute atomic E-state index is 5.60. The van der Waals surface area contributed by atoms with Crippen LogP contribution in [0.4, 0.5) is 0 Å². The van der Waals surface area contributed by atoms with E-state index in [1.807, 2.05) is 24.8 Å².